The van der Waals surface area contributed by atoms with Crippen LogP contribution in [0.2, 0.25) is 0 Å². The lowest BCUT2D eigenvalue weighted by Crippen LogP contribution is -2.66. The molecular formula is C33H49N5O5. The number of ether oxygens (including phenoxy) is 2. The van der Waals surface area contributed by atoms with Gasteiger partial charge in [-0.1, -0.05) is 37.5 Å². The molecule has 1 aromatic carbocycles. The fraction of sp³-hybridized carbons (Fsp3) is 0.727. The van der Waals surface area contributed by atoms with Crippen LogP contribution in [0, 0.1) is 11.8 Å². The quantitative estimate of drug-likeness (QED) is 0.381. The van der Waals surface area contributed by atoms with Crippen molar-refractivity contribution in [3.05, 3.63) is 29.8 Å². The highest BCUT2D eigenvalue weighted by Gasteiger charge is 2.48. The van der Waals surface area contributed by atoms with Crippen LogP contribution < -0.4 is 20.7 Å². The summed E-state index contributed by atoms with van der Waals surface area (Å²) in [6.07, 6.45) is 8.77. The number of fused-ring (bicyclic) bond motifs is 2. The van der Waals surface area contributed by atoms with Gasteiger partial charge in [-0.15, -0.1) is 0 Å². The van der Waals surface area contributed by atoms with Crippen molar-refractivity contribution in [3.63, 3.8) is 0 Å². The molecule has 3 heterocycles. The minimum absolute atomic E-state index is 0.0748. The summed E-state index contributed by atoms with van der Waals surface area (Å²) in [4.78, 5) is 46.5. The molecular weight excluding hydrogens is 546 g/mol. The van der Waals surface area contributed by atoms with Crippen molar-refractivity contribution in [1.82, 2.24) is 25.8 Å². The molecule has 0 bridgehead atoms. The smallest absolute Gasteiger partial charge is 0.246 e. The Morgan fingerprint density at radius 2 is 1.74 bits per heavy atom. The van der Waals surface area contributed by atoms with Crippen LogP contribution in [0.3, 0.4) is 0 Å². The lowest BCUT2D eigenvalue weighted by atomic mass is 9.82. The van der Waals surface area contributed by atoms with Gasteiger partial charge < -0.3 is 30.3 Å². The molecule has 10 heteroatoms. The lowest BCUT2D eigenvalue weighted by molar-refractivity contribution is -0.149. The molecule has 43 heavy (non-hydrogen) atoms. The summed E-state index contributed by atoms with van der Waals surface area (Å²) in [6, 6.07) is 6.23. The number of carbonyl (C=O) groups is 3. The second kappa shape index (κ2) is 13.5. The molecule has 2 aliphatic carbocycles. The molecule has 3 amide bonds. The van der Waals surface area contributed by atoms with E-state index >= 15 is 0 Å². The number of rotatable bonds is 10. The molecule has 2 saturated heterocycles. The first-order chi connectivity index (χ1) is 21.0. The first-order valence-corrected chi connectivity index (χ1v) is 16.6. The molecule has 2 saturated carbocycles. The molecule has 3 N–H and O–H groups in total. The van der Waals surface area contributed by atoms with E-state index in [4.69, 9.17) is 9.47 Å². The number of nitrogens with zero attached hydrogens (tertiary/aromatic N) is 2. The molecule has 0 aromatic heterocycles. The number of likely N-dealkylation sites (N-methyl/N-ethyl adjacent to an activating group) is 1. The molecule has 10 nitrogen and oxygen atoms in total. The minimum Gasteiger partial charge on any atom is -0.493 e. The topological polar surface area (TPSA) is 112 Å². The Bertz CT molecular complexity index is 1150. The normalized spacial score (nSPS) is 29.1. The molecule has 3 aliphatic heterocycles. The second-order valence-electron chi connectivity index (χ2n) is 13.2. The molecule has 0 unspecified atom stereocenters. The van der Waals surface area contributed by atoms with E-state index in [0.717, 1.165) is 69.2 Å². The second-order valence-corrected chi connectivity index (χ2v) is 13.2. The molecule has 6 rings (SSSR count). The van der Waals surface area contributed by atoms with Gasteiger partial charge in [-0.05, 0) is 64.0 Å². The van der Waals surface area contributed by atoms with E-state index in [0.29, 0.717) is 38.6 Å². The average Bonchev–Trinajstić information content (AvgIpc) is 3.78. The molecule has 236 valence electrons. The maximum Gasteiger partial charge on any atom is 0.246 e. The minimum atomic E-state index is -0.648. The van der Waals surface area contributed by atoms with Crippen LogP contribution in [0.25, 0.3) is 0 Å². The Balaban J connectivity index is 1.25. The average molecular weight is 596 g/mol. The van der Waals surface area contributed by atoms with E-state index in [-0.39, 0.29) is 47.9 Å². The van der Waals surface area contributed by atoms with Crippen molar-refractivity contribution < 1.29 is 23.9 Å². The van der Waals surface area contributed by atoms with Gasteiger partial charge in [0.25, 0.3) is 0 Å². The Morgan fingerprint density at radius 1 is 0.977 bits per heavy atom. The van der Waals surface area contributed by atoms with Crippen LogP contribution in [0.1, 0.15) is 76.3 Å². The Morgan fingerprint density at radius 3 is 2.49 bits per heavy atom. The highest BCUT2D eigenvalue weighted by Crippen LogP contribution is 2.35. The third kappa shape index (κ3) is 6.71. The van der Waals surface area contributed by atoms with Gasteiger partial charge >= 0.3 is 0 Å². The van der Waals surface area contributed by atoms with E-state index in [9.17, 15) is 14.4 Å². The zero-order valence-corrected chi connectivity index (χ0v) is 25.8. The van der Waals surface area contributed by atoms with Gasteiger partial charge in [0, 0.05) is 44.3 Å². The van der Waals surface area contributed by atoms with Gasteiger partial charge in [0.1, 0.15) is 17.8 Å². The summed E-state index contributed by atoms with van der Waals surface area (Å²) in [7, 11) is 1.82. The predicted molar refractivity (Wildman–Crippen MR) is 162 cm³/mol. The zero-order chi connectivity index (χ0) is 29.9. The number of piperazine rings is 1. The molecule has 4 fully saturated rings. The molecule has 1 aromatic rings. The Kier molecular flexibility index (Phi) is 9.54. The van der Waals surface area contributed by atoms with Crippen molar-refractivity contribution in [3.8, 4) is 5.75 Å². The fourth-order valence-electron chi connectivity index (χ4n) is 7.89. The summed E-state index contributed by atoms with van der Waals surface area (Å²) in [6.45, 7) is 4.86. The van der Waals surface area contributed by atoms with E-state index in [2.05, 4.69) is 20.9 Å². The van der Waals surface area contributed by atoms with Crippen LogP contribution in [0.15, 0.2) is 24.3 Å². The number of hydrogen-bond donors (Lipinski definition) is 3. The molecule has 6 atom stereocenters. The number of hydrogen-bond acceptors (Lipinski definition) is 7. The van der Waals surface area contributed by atoms with E-state index in [1.807, 2.05) is 38.2 Å². The zero-order valence-electron chi connectivity index (χ0n) is 25.8. The van der Waals surface area contributed by atoms with Crippen molar-refractivity contribution in [1.29, 1.82) is 0 Å². The fourth-order valence-corrected chi connectivity index (χ4v) is 7.89. The van der Waals surface area contributed by atoms with Gasteiger partial charge in [-0.3, -0.25) is 19.3 Å². The highest BCUT2D eigenvalue weighted by atomic mass is 16.5. The van der Waals surface area contributed by atoms with Crippen LogP contribution in [-0.4, -0.2) is 97.7 Å². The molecule has 0 spiro atoms. The molecule has 0 radical (unpaired) electrons. The van der Waals surface area contributed by atoms with Crippen molar-refractivity contribution >= 4 is 17.7 Å². The summed E-state index contributed by atoms with van der Waals surface area (Å²) in [5.74, 6) is 0.844. The van der Waals surface area contributed by atoms with Crippen molar-refractivity contribution in [2.24, 2.45) is 11.8 Å². The summed E-state index contributed by atoms with van der Waals surface area (Å²) < 4.78 is 11.8. The van der Waals surface area contributed by atoms with Crippen LogP contribution in [-0.2, 0) is 19.1 Å². The maximum absolute atomic E-state index is 14.7. The standard InChI is InChI=1S/C33H49N5O5/c1-3-42-24-17-23-18-38(33(41)30(21-9-5-4-6-10-21)36-32(40)29(34-2)22-13-14-22)27(20-37(23)19-24)31(39)35-26-15-16-43-28-12-8-7-11-25(26)28/h7-8,11-12,21-24,26-27,29-30,34H,3-6,9-10,13-20H2,1-2H3,(H,35,39)(H,36,40)/t23-,24-,26-,27+,29+,30+/m1/s1. The van der Waals surface area contributed by atoms with E-state index in [1.165, 1.54) is 0 Å². The van der Waals surface area contributed by atoms with Crippen molar-refractivity contribution in [2.45, 2.75) is 101 Å². The van der Waals surface area contributed by atoms with Crippen LogP contribution >= 0.6 is 0 Å². The third-order valence-corrected chi connectivity index (χ3v) is 10.3. The van der Waals surface area contributed by atoms with Gasteiger partial charge in [-0.2, -0.15) is 0 Å². The highest BCUT2D eigenvalue weighted by molar-refractivity contribution is 5.94. The third-order valence-electron chi connectivity index (χ3n) is 10.3. The monoisotopic (exact) mass is 595 g/mol. The van der Waals surface area contributed by atoms with E-state index in [1.54, 1.807) is 4.90 Å². The number of carbonyl (C=O) groups excluding carboxylic acids is 3. The van der Waals surface area contributed by atoms with Gasteiger partial charge in [0.2, 0.25) is 17.7 Å². The van der Waals surface area contributed by atoms with Gasteiger partial charge in [-0.25, -0.2) is 0 Å². The first-order valence-electron chi connectivity index (χ1n) is 16.6. The Hall–Kier alpha value is -2.69. The Labute approximate surface area is 255 Å². The number of para-hydroxylation sites is 1. The number of amides is 3. The van der Waals surface area contributed by atoms with Gasteiger partial charge in [0.15, 0.2) is 0 Å². The maximum atomic E-state index is 14.7. The summed E-state index contributed by atoms with van der Waals surface area (Å²) in [5, 5.41) is 9.69. The predicted octanol–water partition coefficient (Wildman–Crippen LogP) is 2.38. The molecule has 5 aliphatic rings. The first kappa shape index (κ1) is 30.3. The number of nitrogens with one attached hydrogen (secondary N) is 3. The van der Waals surface area contributed by atoms with Crippen molar-refractivity contribution in [2.75, 3.05) is 39.9 Å². The van der Waals surface area contributed by atoms with Crippen LogP contribution in [0.4, 0.5) is 0 Å². The SMILES string of the molecule is CCO[C@@H]1C[C@@H]2CN(C(=O)[C@@H](NC(=O)[C@@H](NC)C3CC3)C3CCCCC3)[C@H](C(=O)N[C@@H]3CCOc4ccccc43)CN2C1. The van der Waals surface area contributed by atoms with Gasteiger partial charge in [0.05, 0.1) is 24.8 Å². The van der Waals surface area contributed by atoms with E-state index < -0.39 is 12.1 Å². The summed E-state index contributed by atoms with van der Waals surface area (Å²) >= 11 is 0. The largest absolute Gasteiger partial charge is 0.493 e. The number of benzene rings is 1. The summed E-state index contributed by atoms with van der Waals surface area (Å²) in [5.41, 5.74) is 0.969. The van der Waals surface area contributed by atoms with Crippen LogP contribution in [0.5, 0.6) is 5.75 Å². The lowest BCUT2D eigenvalue weighted by Gasteiger charge is -2.45.